The van der Waals surface area contributed by atoms with Crippen LogP contribution < -0.4 is 4.90 Å². The number of hydrogen-bond donors (Lipinski definition) is 1. The molecule has 0 radical (unpaired) electrons. The Hall–Kier alpha value is -0.910. The van der Waals surface area contributed by atoms with Crippen LogP contribution in [0.2, 0.25) is 5.28 Å². The molecule has 0 spiro atoms. The van der Waals surface area contributed by atoms with Gasteiger partial charge >= 0.3 is 0 Å². The molecule has 1 fully saturated rings. The molecule has 0 saturated carbocycles. The zero-order valence-corrected chi connectivity index (χ0v) is 13.0. The van der Waals surface area contributed by atoms with Gasteiger partial charge < -0.3 is 10.0 Å². The lowest BCUT2D eigenvalue weighted by atomic mass is 10.0. The molecule has 1 N–H and O–H groups in total. The van der Waals surface area contributed by atoms with Gasteiger partial charge in [0.2, 0.25) is 5.28 Å². The Morgan fingerprint density at radius 2 is 2.30 bits per heavy atom. The van der Waals surface area contributed by atoms with E-state index in [0.717, 1.165) is 48.3 Å². The quantitative estimate of drug-likeness (QED) is 0.884. The monoisotopic (exact) mass is 311 g/mol. The van der Waals surface area contributed by atoms with E-state index in [1.54, 1.807) is 11.3 Å². The zero-order valence-electron chi connectivity index (χ0n) is 11.5. The molecule has 1 atom stereocenters. The smallest absolute Gasteiger partial charge is 0.225 e. The molecule has 20 heavy (non-hydrogen) atoms. The maximum Gasteiger partial charge on any atom is 0.225 e. The molecule has 0 aliphatic carbocycles. The third kappa shape index (κ3) is 2.50. The molecule has 108 valence electrons. The van der Waals surface area contributed by atoms with Crippen LogP contribution in [-0.2, 0) is 6.42 Å². The summed E-state index contributed by atoms with van der Waals surface area (Å²) in [5.41, 5.74) is 0. The van der Waals surface area contributed by atoms with E-state index >= 15 is 0 Å². The standard InChI is InChI=1S/C14H18ClN3OS/c1-2-10-7-11-12(16-14(15)17-13(11)20-10)18-6-4-3-5-9(18)8-19/h7,9,19H,2-6,8H2,1H3. The van der Waals surface area contributed by atoms with Crippen molar-refractivity contribution in [1.82, 2.24) is 9.97 Å². The Morgan fingerprint density at radius 3 is 3.05 bits per heavy atom. The predicted octanol–water partition coefficient (Wildman–Crippen LogP) is 3.26. The molecule has 4 nitrogen and oxygen atoms in total. The Labute approximate surface area is 127 Å². The summed E-state index contributed by atoms with van der Waals surface area (Å²) in [6.45, 7) is 3.22. The van der Waals surface area contributed by atoms with Crippen LogP contribution >= 0.6 is 22.9 Å². The molecule has 2 aromatic heterocycles. The maximum absolute atomic E-state index is 9.60. The minimum absolute atomic E-state index is 0.142. The van der Waals surface area contributed by atoms with E-state index in [1.807, 2.05) is 0 Å². The van der Waals surface area contributed by atoms with Crippen LogP contribution in [0.5, 0.6) is 0 Å². The molecule has 1 unspecified atom stereocenters. The summed E-state index contributed by atoms with van der Waals surface area (Å²) in [5.74, 6) is 0.884. The molecule has 3 rings (SSSR count). The maximum atomic E-state index is 9.60. The van der Waals surface area contributed by atoms with E-state index in [9.17, 15) is 5.11 Å². The first-order chi connectivity index (χ1) is 9.72. The second kappa shape index (κ2) is 5.84. The van der Waals surface area contributed by atoms with Gasteiger partial charge in [0.1, 0.15) is 10.6 Å². The van der Waals surface area contributed by atoms with Crippen molar-refractivity contribution >= 4 is 39.0 Å². The number of aliphatic hydroxyl groups excluding tert-OH is 1. The Balaban J connectivity index is 2.11. The highest BCUT2D eigenvalue weighted by Crippen LogP contribution is 2.34. The van der Waals surface area contributed by atoms with Gasteiger partial charge in [0.05, 0.1) is 18.0 Å². The van der Waals surface area contributed by atoms with Gasteiger partial charge in [0.25, 0.3) is 0 Å². The molecule has 1 saturated heterocycles. The van der Waals surface area contributed by atoms with E-state index in [0.29, 0.717) is 5.28 Å². The molecule has 3 heterocycles. The Kier molecular flexibility index (Phi) is 4.10. The topological polar surface area (TPSA) is 49.2 Å². The number of halogens is 1. The lowest BCUT2D eigenvalue weighted by Crippen LogP contribution is -2.42. The van der Waals surface area contributed by atoms with Crippen molar-refractivity contribution in [3.8, 4) is 0 Å². The molecule has 0 aromatic carbocycles. The van der Waals surface area contributed by atoms with E-state index in [-0.39, 0.29) is 12.6 Å². The number of piperidine rings is 1. The van der Waals surface area contributed by atoms with Gasteiger partial charge in [0.15, 0.2) is 0 Å². The highest BCUT2D eigenvalue weighted by Gasteiger charge is 2.25. The fraction of sp³-hybridized carbons (Fsp3) is 0.571. The van der Waals surface area contributed by atoms with Crippen LogP contribution in [0, 0.1) is 0 Å². The Bertz CT molecular complexity index is 616. The van der Waals surface area contributed by atoms with Gasteiger partial charge in [-0.1, -0.05) is 6.92 Å². The van der Waals surface area contributed by atoms with Crippen LogP contribution in [0.4, 0.5) is 5.82 Å². The number of rotatable bonds is 3. The lowest BCUT2D eigenvalue weighted by Gasteiger charge is -2.35. The van der Waals surface area contributed by atoms with Crippen LogP contribution in [0.1, 0.15) is 31.1 Å². The molecule has 1 aliphatic heterocycles. The molecule has 0 bridgehead atoms. The summed E-state index contributed by atoms with van der Waals surface area (Å²) in [6, 6.07) is 2.30. The highest BCUT2D eigenvalue weighted by atomic mass is 35.5. The zero-order chi connectivity index (χ0) is 14.1. The van der Waals surface area contributed by atoms with E-state index in [4.69, 9.17) is 11.6 Å². The van der Waals surface area contributed by atoms with Crippen molar-refractivity contribution in [2.45, 2.75) is 38.6 Å². The Morgan fingerprint density at radius 1 is 1.45 bits per heavy atom. The van der Waals surface area contributed by atoms with Gasteiger partial charge in [-0.2, -0.15) is 4.98 Å². The first-order valence-corrected chi connectivity index (χ1v) is 8.25. The average Bonchev–Trinajstić information content (AvgIpc) is 2.89. The third-order valence-electron chi connectivity index (χ3n) is 3.85. The first-order valence-electron chi connectivity index (χ1n) is 7.06. The van der Waals surface area contributed by atoms with Gasteiger partial charge in [-0.25, -0.2) is 4.98 Å². The second-order valence-corrected chi connectivity index (χ2v) is 6.58. The number of thiophene rings is 1. The van der Waals surface area contributed by atoms with Crippen molar-refractivity contribution in [3.05, 3.63) is 16.2 Å². The molecule has 2 aromatic rings. The van der Waals surface area contributed by atoms with Crippen molar-refractivity contribution in [2.75, 3.05) is 18.1 Å². The first kappa shape index (κ1) is 14.0. The van der Waals surface area contributed by atoms with Crippen molar-refractivity contribution in [2.24, 2.45) is 0 Å². The average molecular weight is 312 g/mol. The summed E-state index contributed by atoms with van der Waals surface area (Å²) in [5, 5.41) is 11.0. The number of aromatic nitrogens is 2. The number of aryl methyl sites for hydroxylation is 1. The summed E-state index contributed by atoms with van der Waals surface area (Å²) in [7, 11) is 0. The molecular weight excluding hydrogens is 294 g/mol. The minimum Gasteiger partial charge on any atom is -0.394 e. The fourth-order valence-electron chi connectivity index (χ4n) is 2.79. The lowest BCUT2D eigenvalue weighted by molar-refractivity contribution is 0.239. The van der Waals surface area contributed by atoms with Crippen molar-refractivity contribution < 1.29 is 5.11 Å². The minimum atomic E-state index is 0.142. The molecule has 1 aliphatic rings. The van der Waals surface area contributed by atoms with Gasteiger partial charge in [-0.05, 0) is 43.4 Å². The third-order valence-corrected chi connectivity index (χ3v) is 5.20. The van der Waals surface area contributed by atoms with Crippen molar-refractivity contribution in [3.63, 3.8) is 0 Å². The normalized spacial score (nSPS) is 19.8. The number of hydrogen-bond acceptors (Lipinski definition) is 5. The number of fused-ring (bicyclic) bond motifs is 1. The van der Waals surface area contributed by atoms with Crippen LogP contribution in [0.3, 0.4) is 0 Å². The van der Waals surface area contributed by atoms with Crippen molar-refractivity contribution in [1.29, 1.82) is 0 Å². The summed E-state index contributed by atoms with van der Waals surface area (Å²) in [6.07, 6.45) is 4.28. The number of nitrogens with zero attached hydrogens (tertiary/aromatic N) is 3. The summed E-state index contributed by atoms with van der Waals surface area (Å²) >= 11 is 7.76. The van der Waals surface area contributed by atoms with Crippen LogP contribution in [0.15, 0.2) is 6.07 Å². The number of aliphatic hydroxyl groups is 1. The summed E-state index contributed by atoms with van der Waals surface area (Å²) < 4.78 is 0. The van der Waals surface area contributed by atoms with Crippen LogP contribution in [-0.4, -0.2) is 34.3 Å². The summed E-state index contributed by atoms with van der Waals surface area (Å²) in [4.78, 5) is 13.2. The number of anilines is 1. The molecular formula is C14H18ClN3OS. The largest absolute Gasteiger partial charge is 0.394 e. The fourth-order valence-corrected chi connectivity index (χ4v) is 3.97. The second-order valence-electron chi connectivity index (χ2n) is 5.13. The van der Waals surface area contributed by atoms with Crippen LogP contribution in [0.25, 0.3) is 10.2 Å². The molecule has 0 amide bonds. The van der Waals surface area contributed by atoms with E-state index in [2.05, 4.69) is 27.9 Å². The van der Waals surface area contributed by atoms with Gasteiger partial charge in [-0.15, -0.1) is 11.3 Å². The highest BCUT2D eigenvalue weighted by molar-refractivity contribution is 7.18. The molecule has 6 heteroatoms. The SMILES string of the molecule is CCc1cc2c(N3CCCCC3CO)nc(Cl)nc2s1. The van der Waals surface area contributed by atoms with E-state index in [1.165, 1.54) is 4.88 Å². The van der Waals surface area contributed by atoms with Gasteiger partial charge in [-0.3, -0.25) is 0 Å². The predicted molar refractivity (Wildman–Crippen MR) is 83.9 cm³/mol. The van der Waals surface area contributed by atoms with E-state index < -0.39 is 0 Å². The van der Waals surface area contributed by atoms with Gasteiger partial charge in [0, 0.05) is 11.4 Å².